The van der Waals surface area contributed by atoms with Gasteiger partial charge in [0.1, 0.15) is 11.6 Å². The Kier molecular flexibility index (Phi) is 6.60. The van der Waals surface area contributed by atoms with Crippen molar-refractivity contribution in [2.75, 3.05) is 56.8 Å². The molecule has 0 aromatic carbocycles. The van der Waals surface area contributed by atoms with Crippen LogP contribution in [0, 0.1) is 0 Å². The van der Waals surface area contributed by atoms with Crippen molar-refractivity contribution in [1.82, 2.24) is 19.3 Å². The number of hydrogen-bond donors (Lipinski definition) is 1. The Morgan fingerprint density at radius 1 is 1.13 bits per heavy atom. The van der Waals surface area contributed by atoms with Crippen LogP contribution in [0.5, 0.6) is 5.88 Å². The predicted octanol–water partition coefficient (Wildman–Crippen LogP) is 2.81. The minimum atomic E-state index is 0.268. The van der Waals surface area contributed by atoms with Crippen molar-refractivity contribution in [3.8, 4) is 17.3 Å². The number of anilines is 2. The molecule has 2 aromatic rings. The van der Waals surface area contributed by atoms with Crippen LogP contribution in [0.15, 0.2) is 18.2 Å². The van der Waals surface area contributed by atoms with Crippen LogP contribution in [0.1, 0.15) is 31.4 Å². The topological polar surface area (TPSA) is 89.6 Å². The van der Waals surface area contributed by atoms with Gasteiger partial charge in [0.25, 0.3) is 0 Å². The maximum absolute atomic E-state index is 6.01. The fourth-order valence-corrected chi connectivity index (χ4v) is 4.68. The Hall–Kier alpha value is -2.10. The minimum absolute atomic E-state index is 0.268. The van der Waals surface area contributed by atoms with E-state index < -0.39 is 0 Å². The van der Waals surface area contributed by atoms with Crippen molar-refractivity contribution in [2.45, 2.75) is 31.7 Å². The maximum Gasteiger partial charge on any atom is 0.215 e. The largest absolute Gasteiger partial charge is 0.481 e. The summed E-state index contributed by atoms with van der Waals surface area (Å²) in [5.41, 5.74) is 7.93. The fourth-order valence-electron chi connectivity index (χ4n) is 4.10. The summed E-state index contributed by atoms with van der Waals surface area (Å²) in [5.74, 6) is 2.90. The highest BCUT2D eigenvalue weighted by Gasteiger charge is 2.26. The molecule has 4 rings (SSSR count). The Bertz CT molecular complexity index is 875. The lowest BCUT2D eigenvalue weighted by Crippen LogP contribution is -2.44. The third-order valence-corrected chi connectivity index (χ3v) is 6.70. The summed E-state index contributed by atoms with van der Waals surface area (Å²) in [7, 11) is 1.59. The first-order chi connectivity index (χ1) is 14.6. The number of nitrogens with zero attached hydrogens (tertiary/aromatic N) is 5. The lowest BCUT2D eigenvalue weighted by molar-refractivity contribution is 0.0985. The standard InChI is InChI=1S/C21H30N6O2S/c1-14-13-29-9-8-27(14)19-12-17(15-4-6-26(30-3)7-5-15)23-21(25-19)16-10-18(22)24-20(11-16)28-2/h10-12,14-15H,4-9,13H2,1-3H3,(H2,22,24). The molecule has 0 saturated carbocycles. The first-order valence-corrected chi connectivity index (χ1v) is 11.6. The van der Waals surface area contributed by atoms with Gasteiger partial charge in [-0.15, -0.1) is 0 Å². The molecule has 4 heterocycles. The molecule has 0 bridgehead atoms. The van der Waals surface area contributed by atoms with E-state index in [2.05, 4.69) is 33.4 Å². The van der Waals surface area contributed by atoms with Gasteiger partial charge in [-0.1, -0.05) is 11.9 Å². The normalized spacial score (nSPS) is 21.0. The quantitative estimate of drug-likeness (QED) is 0.719. The Morgan fingerprint density at radius 2 is 1.93 bits per heavy atom. The summed E-state index contributed by atoms with van der Waals surface area (Å²) in [4.78, 5) is 16.4. The molecule has 1 unspecified atom stereocenters. The zero-order chi connectivity index (χ0) is 21.1. The summed E-state index contributed by atoms with van der Waals surface area (Å²) in [5, 5.41) is 0. The van der Waals surface area contributed by atoms with Crippen molar-refractivity contribution in [3.05, 3.63) is 23.9 Å². The van der Waals surface area contributed by atoms with E-state index >= 15 is 0 Å². The van der Waals surface area contributed by atoms with Crippen LogP contribution in [0.4, 0.5) is 11.6 Å². The number of pyridine rings is 1. The molecule has 2 N–H and O–H groups in total. The van der Waals surface area contributed by atoms with Crippen LogP contribution >= 0.6 is 11.9 Å². The highest BCUT2D eigenvalue weighted by Crippen LogP contribution is 2.33. The van der Waals surface area contributed by atoms with Crippen molar-refractivity contribution >= 4 is 23.6 Å². The maximum atomic E-state index is 6.01. The first kappa shape index (κ1) is 21.1. The first-order valence-electron chi connectivity index (χ1n) is 10.4. The molecule has 8 nitrogen and oxygen atoms in total. The third-order valence-electron chi connectivity index (χ3n) is 5.81. The molecule has 2 aliphatic rings. The molecule has 0 spiro atoms. The number of hydrogen-bond acceptors (Lipinski definition) is 9. The van der Waals surface area contributed by atoms with Crippen LogP contribution in [-0.4, -0.2) is 71.5 Å². The van der Waals surface area contributed by atoms with Gasteiger partial charge in [0.15, 0.2) is 5.82 Å². The van der Waals surface area contributed by atoms with Gasteiger partial charge in [-0.25, -0.2) is 9.97 Å². The molecule has 2 aromatic heterocycles. The number of ether oxygens (including phenoxy) is 2. The van der Waals surface area contributed by atoms with Crippen LogP contribution in [0.3, 0.4) is 0 Å². The number of piperidine rings is 1. The number of rotatable bonds is 5. The molecule has 2 aliphatic heterocycles. The van der Waals surface area contributed by atoms with E-state index in [-0.39, 0.29) is 6.04 Å². The molecule has 9 heteroatoms. The molecular formula is C21H30N6O2S. The summed E-state index contributed by atoms with van der Waals surface area (Å²) in [6, 6.07) is 6.10. The van der Waals surface area contributed by atoms with Crippen LogP contribution in [0.25, 0.3) is 11.4 Å². The van der Waals surface area contributed by atoms with Gasteiger partial charge in [0.2, 0.25) is 5.88 Å². The second kappa shape index (κ2) is 9.36. The van der Waals surface area contributed by atoms with Gasteiger partial charge in [0.05, 0.1) is 26.4 Å². The monoisotopic (exact) mass is 430 g/mol. The van der Waals surface area contributed by atoms with E-state index in [9.17, 15) is 0 Å². The van der Waals surface area contributed by atoms with Gasteiger partial charge in [-0.2, -0.15) is 4.98 Å². The molecule has 2 saturated heterocycles. The van der Waals surface area contributed by atoms with E-state index in [1.807, 2.05) is 24.1 Å². The predicted molar refractivity (Wildman–Crippen MR) is 121 cm³/mol. The minimum Gasteiger partial charge on any atom is -0.481 e. The lowest BCUT2D eigenvalue weighted by Gasteiger charge is -2.35. The highest BCUT2D eigenvalue weighted by atomic mass is 32.2. The fraction of sp³-hybridized carbons (Fsp3) is 0.571. The summed E-state index contributed by atoms with van der Waals surface area (Å²) < 4.78 is 13.4. The van der Waals surface area contributed by atoms with Crippen LogP contribution in [-0.2, 0) is 4.74 Å². The molecule has 0 aliphatic carbocycles. The lowest BCUT2D eigenvalue weighted by atomic mass is 9.94. The number of nitrogen functional groups attached to an aromatic ring is 1. The number of methoxy groups -OCH3 is 1. The third kappa shape index (κ3) is 4.63. The summed E-state index contributed by atoms with van der Waals surface area (Å²) >= 11 is 1.82. The second-order valence-corrected chi connectivity index (χ2v) is 8.68. The van der Waals surface area contributed by atoms with Crippen molar-refractivity contribution in [1.29, 1.82) is 0 Å². The Labute approximate surface area is 182 Å². The van der Waals surface area contributed by atoms with E-state index in [4.69, 9.17) is 25.2 Å². The second-order valence-electron chi connectivity index (χ2n) is 7.80. The van der Waals surface area contributed by atoms with E-state index in [0.717, 1.165) is 49.6 Å². The smallest absolute Gasteiger partial charge is 0.215 e. The SMILES string of the molecule is COc1cc(-c2nc(C3CCN(SC)CC3)cc(N3CCOCC3C)n2)cc(N)n1. The van der Waals surface area contributed by atoms with E-state index in [1.165, 1.54) is 0 Å². The van der Waals surface area contributed by atoms with E-state index in [0.29, 0.717) is 36.7 Å². The van der Waals surface area contributed by atoms with E-state index in [1.54, 1.807) is 7.11 Å². The van der Waals surface area contributed by atoms with Gasteiger partial charge in [-0.3, -0.25) is 4.31 Å². The molecule has 0 radical (unpaired) electrons. The number of aromatic nitrogens is 3. The van der Waals surface area contributed by atoms with Gasteiger partial charge >= 0.3 is 0 Å². The summed E-state index contributed by atoms with van der Waals surface area (Å²) in [6.45, 7) is 6.56. The number of morpholine rings is 1. The molecule has 1 atom stereocenters. The molecular weight excluding hydrogens is 400 g/mol. The molecule has 30 heavy (non-hydrogen) atoms. The van der Waals surface area contributed by atoms with Gasteiger partial charge in [-0.05, 0) is 32.1 Å². The zero-order valence-electron chi connectivity index (χ0n) is 17.9. The Morgan fingerprint density at radius 3 is 2.63 bits per heavy atom. The number of nitrogens with two attached hydrogens (primary N) is 1. The molecule has 2 fully saturated rings. The average Bonchev–Trinajstić information content (AvgIpc) is 2.78. The van der Waals surface area contributed by atoms with Gasteiger partial charge in [0, 0.05) is 48.9 Å². The molecule has 0 amide bonds. The van der Waals surface area contributed by atoms with Crippen LogP contribution < -0.4 is 15.4 Å². The van der Waals surface area contributed by atoms with Crippen molar-refractivity contribution in [2.24, 2.45) is 0 Å². The Balaban J connectivity index is 1.73. The summed E-state index contributed by atoms with van der Waals surface area (Å²) in [6.07, 6.45) is 4.33. The van der Waals surface area contributed by atoms with Crippen LogP contribution in [0.2, 0.25) is 0 Å². The van der Waals surface area contributed by atoms with Crippen molar-refractivity contribution < 1.29 is 9.47 Å². The highest BCUT2D eigenvalue weighted by molar-refractivity contribution is 7.96. The average molecular weight is 431 g/mol. The van der Waals surface area contributed by atoms with Gasteiger partial charge < -0.3 is 20.1 Å². The molecule has 162 valence electrons. The zero-order valence-corrected chi connectivity index (χ0v) is 18.7. The van der Waals surface area contributed by atoms with Crippen molar-refractivity contribution in [3.63, 3.8) is 0 Å².